The lowest BCUT2D eigenvalue weighted by molar-refractivity contribution is 0.334. The molecule has 2 aromatic rings. The second-order valence-corrected chi connectivity index (χ2v) is 12.6. The SMILES string of the molecule is O=S1(=O)CC[C@H](N(Cc2ccccc2)S(=O)(=O)c2ccc(C3CCCCC3)cc2)C1. The zero-order valence-corrected chi connectivity index (χ0v) is 18.7. The summed E-state index contributed by atoms with van der Waals surface area (Å²) in [7, 11) is -7.01. The predicted octanol–water partition coefficient (Wildman–Crippen LogP) is 4.11. The Morgan fingerprint density at radius 3 is 2.13 bits per heavy atom. The van der Waals surface area contributed by atoms with E-state index >= 15 is 0 Å². The minimum absolute atomic E-state index is 0.0408. The lowest BCUT2D eigenvalue weighted by atomic mass is 9.84. The molecule has 1 aliphatic heterocycles. The summed E-state index contributed by atoms with van der Waals surface area (Å²) in [6.45, 7) is 0.174. The highest BCUT2D eigenvalue weighted by molar-refractivity contribution is 7.92. The fourth-order valence-electron chi connectivity index (χ4n) is 4.66. The van der Waals surface area contributed by atoms with Crippen LogP contribution in [0.15, 0.2) is 59.5 Å². The van der Waals surface area contributed by atoms with Crippen LogP contribution in [-0.4, -0.2) is 38.7 Å². The van der Waals surface area contributed by atoms with E-state index in [0.29, 0.717) is 12.3 Å². The van der Waals surface area contributed by atoms with Gasteiger partial charge < -0.3 is 0 Å². The van der Waals surface area contributed by atoms with E-state index in [9.17, 15) is 16.8 Å². The molecule has 0 radical (unpaired) electrons. The van der Waals surface area contributed by atoms with Crippen molar-refractivity contribution >= 4 is 19.9 Å². The van der Waals surface area contributed by atoms with Gasteiger partial charge in [-0.05, 0) is 48.4 Å². The van der Waals surface area contributed by atoms with Crippen LogP contribution < -0.4 is 0 Å². The molecular formula is C23H29NO4S2. The molecule has 0 unspecified atom stereocenters. The highest BCUT2D eigenvalue weighted by Gasteiger charge is 2.38. The number of benzene rings is 2. The van der Waals surface area contributed by atoms with Crippen molar-refractivity contribution in [1.82, 2.24) is 4.31 Å². The summed E-state index contributed by atoms with van der Waals surface area (Å²) >= 11 is 0. The fourth-order valence-corrected chi connectivity index (χ4v) is 8.13. The topological polar surface area (TPSA) is 71.5 Å². The van der Waals surface area contributed by atoms with Gasteiger partial charge in [0.05, 0.1) is 16.4 Å². The average Bonchev–Trinajstić information content (AvgIpc) is 3.12. The van der Waals surface area contributed by atoms with Gasteiger partial charge in [0.25, 0.3) is 0 Å². The number of hydrogen-bond acceptors (Lipinski definition) is 4. The van der Waals surface area contributed by atoms with Crippen molar-refractivity contribution in [3.05, 3.63) is 65.7 Å². The van der Waals surface area contributed by atoms with E-state index in [1.54, 1.807) is 12.1 Å². The molecule has 1 saturated heterocycles. The molecule has 1 aliphatic carbocycles. The van der Waals surface area contributed by atoms with Crippen LogP contribution in [0.1, 0.15) is 55.6 Å². The number of hydrogen-bond donors (Lipinski definition) is 0. The van der Waals surface area contributed by atoms with E-state index in [0.717, 1.165) is 18.4 Å². The molecule has 0 amide bonds. The van der Waals surface area contributed by atoms with Crippen LogP contribution in [0.5, 0.6) is 0 Å². The number of nitrogens with zero attached hydrogens (tertiary/aromatic N) is 1. The maximum atomic E-state index is 13.6. The largest absolute Gasteiger partial charge is 0.243 e. The van der Waals surface area contributed by atoms with Crippen LogP contribution in [0, 0.1) is 0 Å². The number of sulfonamides is 1. The molecule has 1 heterocycles. The average molecular weight is 448 g/mol. The molecular weight excluding hydrogens is 418 g/mol. The second kappa shape index (κ2) is 8.81. The molecule has 1 atom stereocenters. The van der Waals surface area contributed by atoms with Crippen molar-refractivity contribution in [2.24, 2.45) is 0 Å². The summed E-state index contributed by atoms with van der Waals surface area (Å²) in [6.07, 6.45) is 6.39. The van der Waals surface area contributed by atoms with Crippen LogP contribution in [0.3, 0.4) is 0 Å². The molecule has 7 heteroatoms. The molecule has 30 heavy (non-hydrogen) atoms. The van der Waals surface area contributed by atoms with Gasteiger partial charge in [-0.3, -0.25) is 0 Å². The van der Waals surface area contributed by atoms with E-state index in [4.69, 9.17) is 0 Å². The van der Waals surface area contributed by atoms with E-state index in [1.165, 1.54) is 29.1 Å². The molecule has 0 aromatic heterocycles. The Hall–Kier alpha value is -1.70. The van der Waals surface area contributed by atoms with Crippen molar-refractivity contribution in [2.45, 2.75) is 61.9 Å². The van der Waals surface area contributed by atoms with E-state index < -0.39 is 25.9 Å². The first-order valence-electron chi connectivity index (χ1n) is 10.7. The first kappa shape index (κ1) is 21.5. The quantitative estimate of drug-likeness (QED) is 0.668. The van der Waals surface area contributed by atoms with Crippen LogP contribution >= 0.6 is 0 Å². The minimum Gasteiger partial charge on any atom is -0.229 e. The van der Waals surface area contributed by atoms with Gasteiger partial charge in [0.2, 0.25) is 10.0 Å². The molecule has 2 aromatic carbocycles. The Morgan fingerprint density at radius 2 is 1.53 bits per heavy atom. The van der Waals surface area contributed by atoms with Gasteiger partial charge in [-0.1, -0.05) is 61.7 Å². The van der Waals surface area contributed by atoms with Crippen molar-refractivity contribution in [3.63, 3.8) is 0 Å². The normalized spacial score (nSPS) is 22.4. The Balaban J connectivity index is 1.62. The van der Waals surface area contributed by atoms with Crippen LogP contribution in [0.25, 0.3) is 0 Å². The number of rotatable bonds is 6. The molecule has 162 valence electrons. The summed E-state index contributed by atoms with van der Waals surface area (Å²) in [6, 6.07) is 16.1. The maximum absolute atomic E-state index is 13.6. The summed E-state index contributed by atoms with van der Waals surface area (Å²) in [5.41, 5.74) is 2.05. The molecule has 2 fully saturated rings. The third-order valence-electron chi connectivity index (χ3n) is 6.36. The maximum Gasteiger partial charge on any atom is 0.243 e. The van der Waals surface area contributed by atoms with Gasteiger partial charge in [-0.2, -0.15) is 4.31 Å². The molecule has 4 rings (SSSR count). The molecule has 2 aliphatic rings. The summed E-state index contributed by atoms with van der Waals surface area (Å²) in [5.74, 6) is 0.439. The molecule has 1 saturated carbocycles. The van der Waals surface area contributed by atoms with Gasteiger partial charge >= 0.3 is 0 Å². The zero-order valence-electron chi connectivity index (χ0n) is 17.1. The van der Waals surface area contributed by atoms with Gasteiger partial charge in [0.15, 0.2) is 9.84 Å². The van der Waals surface area contributed by atoms with Gasteiger partial charge in [-0.15, -0.1) is 0 Å². The lowest BCUT2D eigenvalue weighted by Crippen LogP contribution is -2.40. The molecule has 5 nitrogen and oxygen atoms in total. The van der Waals surface area contributed by atoms with Crippen molar-refractivity contribution in [1.29, 1.82) is 0 Å². The minimum atomic E-state index is -3.81. The van der Waals surface area contributed by atoms with Gasteiger partial charge in [0.1, 0.15) is 0 Å². The monoisotopic (exact) mass is 447 g/mol. The highest BCUT2D eigenvalue weighted by atomic mass is 32.2. The van der Waals surface area contributed by atoms with E-state index in [1.807, 2.05) is 42.5 Å². The Kier molecular flexibility index (Phi) is 6.32. The van der Waals surface area contributed by atoms with Crippen molar-refractivity contribution < 1.29 is 16.8 Å². The van der Waals surface area contributed by atoms with Crippen LogP contribution in [0.4, 0.5) is 0 Å². The standard InChI is InChI=1S/C23H29NO4S2/c25-29(26)16-15-22(18-29)24(17-19-7-3-1-4-8-19)30(27,28)23-13-11-21(12-14-23)20-9-5-2-6-10-20/h1,3-4,7-8,11-14,20,22H,2,5-6,9-10,15-18H2/t22-/m0/s1. The smallest absolute Gasteiger partial charge is 0.229 e. The fraction of sp³-hybridized carbons (Fsp3) is 0.478. The van der Waals surface area contributed by atoms with Crippen LogP contribution in [0.2, 0.25) is 0 Å². The van der Waals surface area contributed by atoms with Crippen LogP contribution in [-0.2, 0) is 26.4 Å². The summed E-state index contributed by atoms with van der Waals surface area (Å²) < 4.78 is 52.6. The third kappa shape index (κ3) is 4.79. The van der Waals surface area contributed by atoms with E-state index in [-0.39, 0.29) is 22.9 Å². The van der Waals surface area contributed by atoms with Gasteiger partial charge in [-0.25, -0.2) is 16.8 Å². The zero-order chi connectivity index (χ0) is 21.2. The Bertz CT molecular complexity index is 1060. The highest BCUT2D eigenvalue weighted by Crippen LogP contribution is 2.34. The predicted molar refractivity (Wildman–Crippen MR) is 118 cm³/mol. The first-order valence-corrected chi connectivity index (χ1v) is 14.0. The lowest BCUT2D eigenvalue weighted by Gasteiger charge is -2.28. The summed E-state index contributed by atoms with van der Waals surface area (Å²) in [4.78, 5) is 0.238. The van der Waals surface area contributed by atoms with Gasteiger partial charge in [0, 0.05) is 12.6 Å². The summed E-state index contributed by atoms with van der Waals surface area (Å²) in [5, 5.41) is 0. The first-order chi connectivity index (χ1) is 14.4. The van der Waals surface area contributed by atoms with Crippen molar-refractivity contribution in [3.8, 4) is 0 Å². The number of sulfone groups is 1. The molecule has 0 spiro atoms. The molecule has 0 N–H and O–H groups in total. The Labute approximate surface area is 180 Å². The molecule has 0 bridgehead atoms. The third-order valence-corrected chi connectivity index (χ3v) is 10.0. The van der Waals surface area contributed by atoms with Crippen molar-refractivity contribution in [2.75, 3.05) is 11.5 Å². The Morgan fingerprint density at radius 1 is 0.867 bits per heavy atom. The second-order valence-electron chi connectivity index (χ2n) is 8.50. The van der Waals surface area contributed by atoms with E-state index in [2.05, 4.69) is 0 Å².